The standard InChI is InChI=1S/C19H23F2N5O2/c1-11-9-26-16(13(8-22-26)17(27)24-19(2,3)4)10-25(11)18(28)23-12-5-6-14(20)15(21)7-12/h5-8,11H,9-10H2,1-4H3,(H,23,28)(H,24,27)/t11-/m1/s1. The van der Waals surface area contributed by atoms with Crippen LogP contribution in [0.3, 0.4) is 0 Å². The van der Waals surface area contributed by atoms with E-state index in [2.05, 4.69) is 15.7 Å². The molecule has 3 rings (SSSR count). The predicted molar refractivity (Wildman–Crippen MR) is 99.8 cm³/mol. The van der Waals surface area contributed by atoms with Crippen LogP contribution in [0.15, 0.2) is 24.4 Å². The highest BCUT2D eigenvalue weighted by Crippen LogP contribution is 2.22. The van der Waals surface area contributed by atoms with E-state index in [4.69, 9.17) is 0 Å². The molecule has 1 atom stereocenters. The number of amides is 3. The van der Waals surface area contributed by atoms with Crippen molar-refractivity contribution >= 4 is 17.6 Å². The van der Waals surface area contributed by atoms with Gasteiger partial charge in [0.15, 0.2) is 11.6 Å². The lowest BCUT2D eigenvalue weighted by atomic mass is 10.1. The lowest BCUT2D eigenvalue weighted by Crippen LogP contribution is -2.47. The number of aromatic nitrogens is 2. The first-order valence-electron chi connectivity index (χ1n) is 8.95. The molecule has 0 saturated carbocycles. The molecule has 1 aliphatic heterocycles. The van der Waals surface area contributed by atoms with Gasteiger partial charge in [0.2, 0.25) is 0 Å². The van der Waals surface area contributed by atoms with Crippen molar-refractivity contribution in [2.75, 3.05) is 5.32 Å². The Hall–Kier alpha value is -2.97. The molecule has 0 radical (unpaired) electrons. The first-order chi connectivity index (χ1) is 13.0. The van der Waals surface area contributed by atoms with Crippen molar-refractivity contribution in [3.63, 3.8) is 0 Å². The molecule has 9 heteroatoms. The Morgan fingerprint density at radius 3 is 2.57 bits per heavy atom. The molecule has 1 aromatic carbocycles. The van der Waals surface area contributed by atoms with Crippen LogP contribution in [0, 0.1) is 11.6 Å². The van der Waals surface area contributed by atoms with Crippen LogP contribution in [-0.4, -0.2) is 38.2 Å². The fourth-order valence-electron chi connectivity index (χ4n) is 3.04. The lowest BCUT2D eigenvalue weighted by Gasteiger charge is -2.34. The van der Waals surface area contributed by atoms with Crippen LogP contribution in [0.4, 0.5) is 19.3 Å². The van der Waals surface area contributed by atoms with Gasteiger partial charge in [-0.1, -0.05) is 0 Å². The Morgan fingerprint density at radius 2 is 1.93 bits per heavy atom. The molecule has 0 fully saturated rings. The SMILES string of the molecule is C[C@@H]1Cn2ncc(C(=O)NC(C)(C)C)c2CN1C(=O)Nc1ccc(F)c(F)c1. The average Bonchev–Trinajstić information content (AvgIpc) is 2.98. The minimum Gasteiger partial charge on any atom is -0.347 e. The van der Waals surface area contributed by atoms with Gasteiger partial charge in [-0.05, 0) is 39.8 Å². The number of carbonyl (C=O) groups is 2. The quantitative estimate of drug-likeness (QED) is 0.826. The fraction of sp³-hybridized carbons (Fsp3) is 0.421. The van der Waals surface area contributed by atoms with Crippen molar-refractivity contribution in [1.29, 1.82) is 0 Å². The average molecular weight is 391 g/mol. The largest absolute Gasteiger partial charge is 0.347 e. The predicted octanol–water partition coefficient (Wildman–Crippen LogP) is 3.13. The summed E-state index contributed by atoms with van der Waals surface area (Å²) < 4.78 is 28.2. The van der Waals surface area contributed by atoms with E-state index in [1.165, 1.54) is 17.2 Å². The van der Waals surface area contributed by atoms with Gasteiger partial charge in [-0.25, -0.2) is 13.6 Å². The summed E-state index contributed by atoms with van der Waals surface area (Å²) in [6.07, 6.45) is 1.50. The monoisotopic (exact) mass is 391 g/mol. The summed E-state index contributed by atoms with van der Waals surface area (Å²) in [4.78, 5) is 26.8. The van der Waals surface area contributed by atoms with E-state index in [1.807, 2.05) is 27.7 Å². The van der Waals surface area contributed by atoms with E-state index in [0.717, 1.165) is 12.1 Å². The third-order valence-electron chi connectivity index (χ3n) is 4.40. The topological polar surface area (TPSA) is 79.3 Å². The summed E-state index contributed by atoms with van der Waals surface area (Å²) in [7, 11) is 0. The molecule has 2 heterocycles. The lowest BCUT2D eigenvalue weighted by molar-refractivity contribution is 0.0914. The summed E-state index contributed by atoms with van der Waals surface area (Å²) >= 11 is 0. The third-order valence-corrected chi connectivity index (χ3v) is 4.40. The highest BCUT2D eigenvalue weighted by atomic mass is 19.2. The summed E-state index contributed by atoms with van der Waals surface area (Å²) in [5, 5.41) is 9.72. The van der Waals surface area contributed by atoms with E-state index < -0.39 is 23.2 Å². The van der Waals surface area contributed by atoms with Crippen LogP contribution in [-0.2, 0) is 13.1 Å². The van der Waals surface area contributed by atoms with Crippen molar-refractivity contribution in [3.05, 3.63) is 47.3 Å². The number of benzene rings is 1. The maximum absolute atomic E-state index is 13.4. The van der Waals surface area contributed by atoms with Crippen LogP contribution >= 0.6 is 0 Å². The third kappa shape index (κ3) is 4.13. The number of halogens is 2. The minimum absolute atomic E-state index is 0.154. The molecule has 0 aliphatic carbocycles. The molecular weight excluding hydrogens is 368 g/mol. The molecular formula is C19H23F2N5O2. The van der Waals surface area contributed by atoms with Crippen LogP contribution in [0.1, 0.15) is 43.7 Å². The highest BCUT2D eigenvalue weighted by Gasteiger charge is 2.31. The van der Waals surface area contributed by atoms with Gasteiger partial charge in [0.05, 0.1) is 36.6 Å². The number of anilines is 1. The summed E-state index contributed by atoms with van der Waals surface area (Å²) in [6, 6.07) is 2.50. The molecule has 0 bridgehead atoms. The Kier molecular flexibility index (Phi) is 5.10. The van der Waals surface area contributed by atoms with Crippen molar-refractivity contribution < 1.29 is 18.4 Å². The number of hydrogen-bond donors (Lipinski definition) is 2. The number of nitrogens with one attached hydrogen (secondary N) is 2. The second-order valence-corrected chi connectivity index (χ2v) is 7.93. The number of urea groups is 1. The number of rotatable bonds is 2. The molecule has 1 aliphatic rings. The zero-order valence-electron chi connectivity index (χ0n) is 16.2. The Bertz CT molecular complexity index is 920. The molecule has 0 saturated heterocycles. The molecule has 7 nitrogen and oxygen atoms in total. The summed E-state index contributed by atoms with van der Waals surface area (Å²) in [5.74, 6) is -2.28. The molecule has 0 spiro atoms. The highest BCUT2D eigenvalue weighted by molar-refractivity contribution is 5.96. The number of hydrogen-bond acceptors (Lipinski definition) is 3. The first kappa shape index (κ1) is 19.8. The van der Waals surface area contributed by atoms with Crippen molar-refractivity contribution in [2.24, 2.45) is 0 Å². The van der Waals surface area contributed by atoms with Crippen LogP contribution in [0.2, 0.25) is 0 Å². The molecule has 1 aromatic heterocycles. The first-order valence-corrected chi connectivity index (χ1v) is 8.95. The number of fused-ring (bicyclic) bond motifs is 1. The summed E-state index contributed by atoms with van der Waals surface area (Å²) in [6.45, 7) is 8.08. The van der Waals surface area contributed by atoms with Gasteiger partial charge in [-0.3, -0.25) is 9.48 Å². The van der Waals surface area contributed by atoms with E-state index in [1.54, 1.807) is 4.68 Å². The second-order valence-electron chi connectivity index (χ2n) is 7.93. The van der Waals surface area contributed by atoms with E-state index in [9.17, 15) is 18.4 Å². The van der Waals surface area contributed by atoms with Gasteiger partial charge in [-0.2, -0.15) is 5.10 Å². The van der Waals surface area contributed by atoms with Gasteiger partial charge >= 0.3 is 6.03 Å². The zero-order chi connectivity index (χ0) is 20.6. The van der Waals surface area contributed by atoms with Crippen molar-refractivity contribution in [3.8, 4) is 0 Å². The molecule has 150 valence electrons. The van der Waals surface area contributed by atoms with Crippen molar-refractivity contribution in [2.45, 2.75) is 52.4 Å². The van der Waals surface area contributed by atoms with E-state index in [-0.39, 0.29) is 24.2 Å². The van der Waals surface area contributed by atoms with E-state index in [0.29, 0.717) is 17.8 Å². The molecule has 0 unspecified atom stereocenters. The Morgan fingerprint density at radius 1 is 1.21 bits per heavy atom. The van der Waals surface area contributed by atoms with Crippen molar-refractivity contribution in [1.82, 2.24) is 20.0 Å². The minimum atomic E-state index is -1.04. The molecule has 2 N–H and O–H groups in total. The van der Waals surface area contributed by atoms with Gasteiger partial charge in [0, 0.05) is 17.3 Å². The van der Waals surface area contributed by atoms with E-state index >= 15 is 0 Å². The Balaban J connectivity index is 1.79. The number of carbonyl (C=O) groups excluding carboxylic acids is 2. The molecule has 28 heavy (non-hydrogen) atoms. The van der Waals surface area contributed by atoms with Gasteiger partial charge in [0.1, 0.15) is 0 Å². The normalized spacial score (nSPS) is 16.5. The molecule has 2 aromatic rings. The second kappa shape index (κ2) is 7.21. The van der Waals surface area contributed by atoms with Gasteiger partial charge in [-0.15, -0.1) is 0 Å². The van der Waals surface area contributed by atoms with Crippen LogP contribution in [0.5, 0.6) is 0 Å². The summed E-state index contributed by atoms with van der Waals surface area (Å²) in [5.41, 5.74) is 0.783. The fourth-order valence-corrected chi connectivity index (χ4v) is 3.04. The Labute approximate surface area is 161 Å². The maximum atomic E-state index is 13.4. The zero-order valence-corrected chi connectivity index (χ0v) is 16.2. The van der Waals surface area contributed by atoms with Crippen LogP contribution in [0.25, 0.3) is 0 Å². The van der Waals surface area contributed by atoms with Gasteiger partial charge in [0.25, 0.3) is 5.91 Å². The maximum Gasteiger partial charge on any atom is 0.322 e. The number of nitrogens with zero attached hydrogens (tertiary/aromatic N) is 3. The van der Waals surface area contributed by atoms with Gasteiger partial charge < -0.3 is 15.5 Å². The van der Waals surface area contributed by atoms with Crippen LogP contribution < -0.4 is 10.6 Å². The smallest absolute Gasteiger partial charge is 0.322 e. The molecule has 3 amide bonds.